The van der Waals surface area contributed by atoms with Crippen LogP contribution < -0.4 is 0 Å². The molecule has 1 aliphatic rings. The molecule has 1 fully saturated rings. The van der Waals surface area contributed by atoms with Gasteiger partial charge in [-0.15, -0.1) is 11.3 Å². The normalized spacial score (nSPS) is 16.8. The predicted octanol–water partition coefficient (Wildman–Crippen LogP) is 5.07. The van der Waals surface area contributed by atoms with Crippen molar-refractivity contribution in [2.75, 3.05) is 13.1 Å². The van der Waals surface area contributed by atoms with E-state index < -0.39 is 22.0 Å². The number of hydrogen-bond acceptors (Lipinski definition) is 5. The summed E-state index contributed by atoms with van der Waals surface area (Å²) in [6.07, 6.45) is -2.18. The summed E-state index contributed by atoms with van der Waals surface area (Å²) in [5.41, 5.74) is 1.49. The van der Waals surface area contributed by atoms with E-state index in [4.69, 9.17) is 0 Å². The molecule has 1 saturated heterocycles. The van der Waals surface area contributed by atoms with Gasteiger partial charge in [-0.3, -0.25) is 0 Å². The van der Waals surface area contributed by atoms with E-state index in [1.807, 2.05) is 18.2 Å². The van der Waals surface area contributed by atoms with Crippen LogP contribution >= 0.6 is 11.3 Å². The molecular weight excluding hydrogens is 437 g/mol. The number of hydrogen-bond donors (Lipinski definition) is 0. The summed E-state index contributed by atoms with van der Waals surface area (Å²) >= 11 is 0.973. The summed E-state index contributed by atoms with van der Waals surface area (Å²) in [5, 5.41) is 4.89. The molecular formula is C20H19F3N2O3S2. The number of thiophene rings is 1. The molecule has 1 aromatic carbocycles. The van der Waals surface area contributed by atoms with Crippen LogP contribution in [0, 0.1) is 5.92 Å². The van der Waals surface area contributed by atoms with Crippen LogP contribution in [-0.2, 0) is 22.6 Å². The number of sulfonamides is 1. The third kappa shape index (κ3) is 4.45. The van der Waals surface area contributed by atoms with E-state index in [0.717, 1.165) is 36.7 Å². The zero-order valence-electron chi connectivity index (χ0n) is 15.8. The molecule has 2 aromatic heterocycles. The maximum absolute atomic E-state index is 13.0. The molecule has 0 spiro atoms. The Balaban J connectivity index is 1.43. The van der Waals surface area contributed by atoms with E-state index in [1.54, 1.807) is 0 Å². The molecule has 0 unspecified atom stereocenters. The van der Waals surface area contributed by atoms with Crippen LogP contribution in [0.15, 0.2) is 56.6 Å². The molecule has 0 bridgehead atoms. The van der Waals surface area contributed by atoms with Crippen LogP contribution in [0.5, 0.6) is 0 Å². The van der Waals surface area contributed by atoms with Crippen molar-refractivity contribution in [3.8, 4) is 11.3 Å². The summed E-state index contributed by atoms with van der Waals surface area (Å²) in [6, 6.07) is 12.2. The summed E-state index contributed by atoms with van der Waals surface area (Å²) in [7, 11) is -3.70. The fraction of sp³-hybridized carbons (Fsp3) is 0.350. The van der Waals surface area contributed by atoms with Gasteiger partial charge in [-0.2, -0.15) is 17.5 Å². The molecule has 3 aromatic rings. The first-order valence-corrected chi connectivity index (χ1v) is 11.7. The largest absolute Gasteiger partial charge is 0.452 e. The molecule has 4 rings (SSSR count). The van der Waals surface area contributed by atoms with Gasteiger partial charge in [-0.05, 0) is 36.8 Å². The Kier molecular flexibility index (Phi) is 5.73. The molecule has 0 amide bonds. The predicted molar refractivity (Wildman–Crippen MR) is 106 cm³/mol. The number of benzene rings is 1. The fourth-order valence-electron chi connectivity index (χ4n) is 3.56. The van der Waals surface area contributed by atoms with Crippen LogP contribution in [0.2, 0.25) is 0 Å². The Labute approximate surface area is 176 Å². The second kappa shape index (κ2) is 8.16. The van der Waals surface area contributed by atoms with Crippen LogP contribution in [-0.4, -0.2) is 31.0 Å². The topological polar surface area (TPSA) is 63.4 Å². The van der Waals surface area contributed by atoms with Gasteiger partial charge in [-0.25, -0.2) is 8.42 Å². The first kappa shape index (κ1) is 21.1. The molecule has 0 aliphatic carbocycles. The molecule has 30 heavy (non-hydrogen) atoms. The SMILES string of the molecule is O=S(=O)(c1cc(-c2cc(C(F)(F)F)on2)cs1)N1CCC(Cc2ccccc2)CC1. The van der Waals surface area contributed by atoms with Crippen molar-refractivity contribution >= 4 is 21.4 Å². The average Bonchev–Trinajstić information content (AvgIpc) is 3.39. The third-order valence-corrected chi connectivity index (χ3v) is 8.51. The van der Waals surface area contributed by atoms with Crippen molar-refractivity contribution in [3.05, 3.63) is 59.2 Å². The summed E-state index contributed by atoms with van der Waals surface area (Å²) < 4.78 is 69.9. The minimum absolute atomic E-state index is 0.0402. The van der Waals surface area contributed by atoms with Gasteiger partial charge in [0.05, 0.1) is 0 Å². The van der Waals surface area contributed by atoms with E-state index in [2.05, 4.69) is 21.8 Å². The molecule has 160 valence electrons. The smallest absolute Gasteiger partial charge is 0.351 e. The second-order valence-electron chi connectivity index (χ2n) is 7.27. The minimum atomic E-state index is -4.64. The highest BCUT2D eigenvalue weighted by molar-refractivity contribution is 7.91. The minimum Gasteiger partial charge on any atom is -0.351 e. The average molecular weight is 457 g/mol. The number of rotatable bonds is 5. The molecule has 0 saturated carbocycles. The van der Waals surface area contributed by atoms with Gasteiger partial charge in [0.2, 0.25) is 5.76 Å². The Bertz CT molecular complexity index is 1100. The van der Waals surface area contributed by atoms with Crippen molar-refractivity contribution in [2.45, 2.75) is 29.6 Å². The van der Waals surface area contributed by atoms with Gasteiger partial charge in [0.25, 0.3) is 10.0 Å². The van der Waals surface area contributed by atoms with E-state index in [-0.39, 0.29) is 15.5 Å². The lowest BCUT2D eigenvalue weighted by molar-refractivity contribution is -0.155. The lowest BCUT2D eigenvalue weighted by Gasteiger charge is -2.30. The monoisotopic (exact) mass is 456 g/mol. The van der Waals surface area contributed by atoms with Crippen molar-refractivity contribution in [1.29, 1.82) is 0 Å². The standard InChI is InChI=1S/C20H19F3N2O3S2/c21-20(22,23)18-12-17(24-28-18)16-11-19(29-13-16)30(26,27)25-8-6-15(7-9-25)10-14-4-2-1-3-5-14/h1-5,11-13,15H,6-10H2. The van der Waals surface area contributed by atoms with Crippen molar-refractivity contribution in [3.63, 3.8) is 0 Å². The number of piperidine rings is 1. The maximum atomic E-state index is 13.0. The third-order valence-electron chi connectivity index (χ3n) is 5.20. The van der Waals surface area contributed by atoms with Gasteiger partial charge in [-0.1, -0.05) is 35.5 Å². The second-order valence-corrected chi connectivity index (χ2v) is 10.3. The molecule has 0 atom stereocenters. The van der Waals surface area contributed by atoms with Gasteiger partial charge >= 0.3 is 6.18 Å². The highest BCUT2D eigenvalue weighted by Crippen LogP contribution is 2.35. The van der Waals surface area contributed by atoms with Crippen LogP contribution in [0.3, 0.4) is 0 Å². The van der Waals surface area contributed by atoms with E-state index in [9.17, 15) is 21.6 Å². The molecule has 10 heteroatoms. The van der Waals surface area contributed by atoms with Crippen molar-refractivity contribution in [2.24, 2.45) is 5.92 Å². The number of halogens is 3. The van der Waals surface area contributed by atoms with Crippen molar-refractivity contribution in [1.82, 2.24) is 9.46 Å². The molecule has 0 N–H and O–H groups in total. The quantitative estimate of drug-likeness (QED) is 0.538. The Hall–Kier alpha value is -2.17. The summed E-state index contributed by atoms with van der Waals surface area (Å²) in [4.78, 5) is 0. The Morgan fingerprint density at radius 1 is 1.13 bits per heavy atom. The van der Waals surface area contributed by atoms with Crippen LogP contribution in [0.4, 0.5) is 13.2 Å². The highest BCUT2D eigenvalue weighted by Gasteiger charge is 2.36. The van der Waals surface area contributed by atoms with Gasteiger partial charge in [0, 0.05) is 30.1 Å². The van der Waals surface area contributed by atoms with Gasteiger partial charge in [0.15, 0.2) is 0 Å². The highest BCUT2D eigenvalue weighted by atomic mass is 32.2. The molecule has 0 radical (unpaired) electrons. The Morgan fingerprint density at radius 3 is 2.47 bits per heavy atom. The van der Waals surface area contributed by atoms with Gasteiger partial charge in [0.1, 0.15) is 9.90 Å². The van der Waals surface area contributed by atoms with Crippen LogP contribution in [0.25, 0.3) is 11.3 Å². The first-order valence-electron chi connectivity index (χ1n) is 9.40. The molecule has 5 nitrogen and oxygen atoms in total. The lowest BCUT2D eigenvalue weighted by atomic mass is 9.91. The van der Waals surface area contributed by atoms with Gasteiger partial charge < -0.3 is 4.52 Å². The van der Waals surface area contributed by atoms with E-state index >= 15 is 0 Å². The fourth-order valence-corrected chi connectivity index (χ4v) is 6.36. The zero-order valence-corrected chi connectivity index (χ0v) is 17.4. The number of aromatic nitrogens is 1. The first-order chi connectivity index (χ1) is 14.2. The maximum Gasteiger partial charge on any atom is 0.452 e. The molecule has 3 heterocycles. The summed E-state index contributed by atoms with van der Waals surface area (Å²) in [5.74, 6) is -0.790. The van der Waals surface area contributed by atoms with E-state index in [0.29, 0.717) is 19.0 Å². The van der Waals surface area contributed by atoms with Crippen LogP contribution in [0.1, 0.15) is 24.2 Å². The zero-order chi connectivity index (χ0) is 21.4. The number of nitrogens with zero attached hydrogens (tertiary/aromatic N) is 2. The summed E-state index contributed by atoms with van der Waals surface area (Å²) in [6.45, 7) is 0.852. The lowest BCUT2D eigenvalue weighted by Crippen LogP contribution is -2.38. The Morgan fingerprint density at radius 2 is 1.83 bits per heavy atom. The van der Waals surface area contributed by atoms with Crippen molar-refractivity contribution < 1.29 is 26.1 Å². The number of alkyl halides is 3. The molecule has 1 aliphatic heterocycles. The van der Waals surface area contributed by atoms with E-state index in [1.165, 1.54) is 21.3 Å².